The van der Waals surface area contributed by atoms with Crippen molar-refractivity contribution in [2.24, 2.45) is 0 Å². The molecule has 3 aromatic carbocycles. The van der Waals surface area contributed by atoms with Crippen LogP contribution < -0.4 is 10.6 Å². The molecule has 0 aliphatic carbocycles. The first-order valence-electron chi connectivity index (χ1n) is 10.7. The summed E-state index contributed by atoms with van der Waals surface area (Å²) in [6.07, 6.45) is 1.55. The molecule has 4 rings (SSSR count). The second kappa shape index (κ2) is 9.32. The lowest BCUT2D eigenvalue weighted by Crippen LogP contribution is -2.29. The van der Waals surface area contributed by atoms with Crippen LogP contribution in [-0.2, 0) is 22.4 Å². The predicted molar refractivity (Wildman–Crippen MR) is 132 cm³/mol. The molecule has 32 heavy (non-hydrogen) atoms. The van der Waals surface area contributed by atoms with Gasteiger partial charge in [0.25, 0.3) is 0 Å². The Morgan fingerprint density at radius 1 is 0.875 bits per heavy atom. The molecule has 0 saturated heterocycles. The van der Waals surface area contributed by atoms with Gasteiger partial charge in [-0.2, -0.15) is 0 Å². The Balaban J connectivity index is 1.46. The van der Waals surface area contributed by atoms with Crippen LogP contribution in [-0.4, -0.2) is 16.8 Å². The molecule has 0 unspecified atom stereocenters. The van der Waals surface area contributed by atoms with Crippen LogP contribution in [0.25, 0.3) is 20.8 Å². The van der Waals surface area contributed by atoms with Crippen LogP contribution in [0.3, 0.4) is 0 Å². The van der Waals surface area contributed by atoms with E-state index in [0.29, 0.717) is 5.69 Å². The molecular formula is C26H25N3O2S. The normalized spacial score (nSPS) is 10.8. The Bertz CT molecular complexity index is 1270. The Hall–Kier alpha value is -3.51. The van der Waals surface area contributed by atoms with Gasteiger partial charge < -0.3 is 10.6 Å². The molecule has 0 aliphatic rings. The molecule has 0 atom stereocenters. The fourth-order valence-electron chi connectivity index (χ4n) is 3.61. The van der Waals surface area contributed by atoms with Crippen LogP contribution in [0.2, 0.25) is 0 Å². The molecule has 0 spiro atoms. The van der Waals surface area contributed by atoms with Gasteiger partial charge >= 0.3 is 11.8 Å². The van der Waals surface area contributed by atoms with Crippen LogP contribution in [0.15, 0.2) is 60.7 Å². The molecule has 0 saturated carbocycles. The SMILES string of the molecule is CCc1cccc(CC)c1NC(=O)C(=O)Nc1ccc(-c2nc3ccc(C)cc3s2)cc1. The van der Waals surface area contributed by atoms with E-state index in [9.17, 15) is 9.59 Å². The summed E-state index contributed by atoms with van der Waals surface area (Å²) in [4.78, 5) is 29.7. The molecule has 0 fully saturated rings. The third kappa shape index (κ3) is 4.55. The summed E-state index contributed by atoms with van der Waals surface area (Å²) >= 11 is 1.63. The number of hydrogen-bond acceptors (Lipinski definition) is 4. The van der Waals surface area contributed by atoms with Crippen LogP contribution in [0.5, 0.6) is 0 Å². The standard InChI is InChI=1S/C26H25N3O2S/c1-4-17-7-6-8-18(5-2)23(17)29-25(31)24(30)27-20-12-10-19(11-13-20)26-28-21-14-9-16(3)15-22(21)32-26/h6-15H,4-5H2,1-3H3,(H,27,30)(H,29,31). The highest BCUT2D eigenvalue weighted by Gasteiger charge is 2.17. The number of benzene rings is 3. The Kier molecular flexibility index (Phi) is 6.32. The fourth-order valence-corrected chi connectivity index (χ4v) is 4.68. The van der Waals surface area contributed by atoms with Crippen molar-refractivity contribution in [3.63, 3.8) is 0 Å². The minimum absolute atomic E-state index is 0.561. The summed E-state index contributed by atoms with van der Waals surface area (Å²) in [6.45, 7) is 6.12. The first-order valence-corrected chi connectivity index (χ1v) is 11.5. The van der Waals surface area contributed by atoms with Gasteiger partial charge in [-0.3, -0.25) is 9.59 Å². The first-order chi connectivity index (χ1) is 15.5. The summed E-state index contributed by atoms with van der Waals surface area (Å²) in [6, 6.07) is 19.5. The minimum atomic E-state index is -0.693. The van der Waals surface area contributed by atoms with E-state index in [1.54, 1.807) is 23.5 Å². The van der Waals surface area contributed by atoms with Gasteiger partial charge in [0, 0.05) is 16.9 Å². The summed E-state index contributed by atoms with van der Waals surface area (Å²) in [5.74, 6) is -1.37. The highest BCUT2D eigenvalue weighted by molar-refractivity contribution is 7.21. The minimum Gasteiger partial charge on any atom is -0.318 e. The number of carbonyl (C=O) groups is 2. The molecule has 1 aromatic heterocycles. The largest absolute Gasteiger partial charge is 0.318 e. The quantitative estimate of drug-likeness (QED) is 0.373. The number of aromatic nitrogens is 1. The summed E-state index contributed by atoms with van der Waals surface area (Å²) in [7, 11) is 0. The van der Waals surface area contributed by atoms with Gasteiger partial charge in [-0.15, -0.1) is 11.3 Å². The molecule has 0 aliphatic heterocycles. The lowest BCUT2D eigenvalue weighted by atomic mass is 10.0. The zero-order valence-electron chi connectivity index (χ0n) is 18.4. The van der Waals surface area contributed by atoms with Crippen molar-refractivity contribution in [3.05, 3.63) is 77.4 Å². The maximum atomic E-state index is 12.5. The van der Waals surface area contributed by atoms with E-state index in [0.717, 1.165) is 50.4 Å². The van der Waals surface area contributed by atoms with E-state index in [1.165, 1.54) is 5.56 Å². The highest BCUT2D eigenvalue weighted by atomic mass is 32.1. The predicted octanol–water partition coefficient (Wildman–Crippen LogP) is 5.97. The number of hydrogen-bond donors (Lipinski definition) is 2. The molecule has 5 nitrogen and oxygen atoms in total. The zero-order chi connectivity index (χ0) is 22.7. The zero-order valence-corrected chi connectivity index (χ0v) is 19.2. The van der Waals surface area contributed by atoms with E-state index in [4.69, 9.17) is 0 Å². The van der Waals surface area contributed by atoms with E-state index in [-0.39, 0.29) is 0 Å². The Morgan fingerprint density at radius 3 is 2.19 bits per heavy atom. The number of amides is 2. The van der Waals surface area contributed by atoms with E-state index < -0.39 is 11.8 Å². The van der Waals surface area contributed by atoms with Crippen molar-refractivity contribution in [2.45, 2.75) is 33.6 Å². The third-order valence-electron chi connectivity index (χ3n) is 5.38. The molecule has 2 N–H and O–H groups in total. The second-order valence-corrected chi connectivity index (χ2v) is 8.66. The van der Waals surface area contributed by atoms with Crippen molar-refractivity contribution in [1.29, 1.82) is 0 Å². The van der Waals surface area contributed by atoms with Gasteiger partial charge in [0.2, 0.25) is 0 Å². The third-order valence-corrected chi connectivity index (χ3v) is 6.44. The maximum absolute atomic E-state index is 12.5. The number of para-hydroxylation sites is 1. The molecule has 0 bridgehead atoms. The number of anilines is 2. The summed E-state index contributed by atoms with van der Waals surface area (Å²) in [5.41, 5.74) is 6.47. The van der Waals surface area contributed by atoms with Gasteiger partial charge in [0.05, 0.1) is 10.2 Å². The van der Waals surface area contributed by atoms with E-state index in [1.807, 2.05) is 50.2 Å². The number of rotatable bonds is 5. The van der Waals surface area contributed by atoms with Gasteiger partial charge in [0.1, 0.15) is 5.01 Å². The number of fused-ring (bicyclic) bond motifs is 1. The topological polar surface area (TPSA) is 71.1 Å². The van der Waals surface area contributed by atoms with Crippen LogP contribution in [0.1, 0.15) is 30.5 Å². The number of nitrogens with zero attached hydrogens (tertiary/aromatic N) is 1. The maximum Gasteiger partial charge on any atom is 0.314 e. The van der Waals surface area contributed by atoms with Crippen molar-refractivity contribution in [3.8, 4) is 10.6 Å². The van der Waals surface area contributed by atoms with Crippen LogP contribution >= 0.6 is 11.3 Å². The number of thiazole rings is 1. The van der Waals surface area contributed by atoms with E-state index >= 15 is 0 Å². The number of nitrogens with one attached hydrogen (secondary N) is 2. The van der Waals surface area contributed by atoms with E-state index in [2.05, 4.69) is 34.7 Å². The van der Waals surface area contributed by atoms with Gasteiger partial charge in [-0.25, -0.2) is 4.98 Å². The average molecular weight is 444 g/mol. The van der Waals surface area contributed by atoms with Crippen molar-refractivity contribution in [1.82, 2.24) is 4.98 Å². The Labute approximate surface area is 191 Å². The van der Waals surface area contributed by atoms with Gasteiger partial charge in [-0.1, -0.05) is 38.1 Å². The highest BCUT2D eigenvalue weighted by Crippen LogP contribution is 2.31. The molecule has 1 heterocycles. The van der Waals surface area contributed by atoms with Crippen LogP contribution in [0, 0.1) is 6.92 Å². The number of aryl methyl sites for hydroxylation is 3. The monoisotopic (exact) mass is 443 g/mol. The molecule has 4 aromatic rings. The van der Waals surface area contributed by atoms with Crippen LogP contribution in [0.4, 0.5) is 11.4 Å². The summed E-state index contributed by atoms with van der Waals surface area (Å²) in [5, 5.41) is 6.40. The smallest absolute Gasteiger partial charge is 0.314 e. The lowest BCUT2D eigenvalue weighted by Gasteiger charge is -2.14. The van der Waals surface area contributed by atoms with Gasteiger partial charge in [0.15, 0.2) is 0 Å². The van der Waals surface area contributed by atoms with Gasteiger partial charge in [-0.05, 0) is 72.9 Å². The first kappa shape index (κ1) is 21.7. The lowest BCUT2D eigenvalue weighted by molar-refractivity contribution is -0.133. The molecule has 0 radical (unpaired) electrons. The van der Waals surface area contributed by atoms with Crippen molar-refractivity contribution in [2.75, 3.05) is 10.6 Å². The molecule has 162 valence electrons. The van der Waals surface area contributed by atoms with Crippen molar-refractivity contribution < 1.29 is 9.59 Å². The fraction of sp³-hybridized carbons (Fsp3) is 0.192. The summed E-state index contributed by atoms with van der Waals surface area (Å²) < 4.78 is 1.15. The van der Waals surface area contributed by atoms with Crippen molar-refractivity contribution >= 4 is 44.7 Å². The molecule has 2 amide bonds. The average Bonchev–Trinajstić information content (AvgIpc) is 3.22. The molecule has 6 heteroatoms. The second-order valence-electron chi connectivity index (χ2n) is 7.63. The molecular weight excluding hydrogens is 418 g/mol. The number of carbonyl (C=O) groups excluding carboxylic acids is 2. The Morgan fingerprint density at radius 2 is 1.53 bits per heavy atom.